The average molecular weight is 523 g/mol. The Morgan fingerprint density at radius 3 is 2.61 bits per heavy atom. The Labute approximate surface area is 215 Å². The van der Waals surface area contributed by atoms with Crippen LogP contribution in [0, 0.1) is 0 Å². The van der Waals surface area contributed by atoms with Gasteiger partial charge in [0.05, 0.1) is 41.5 Å². The molecule has 1 amide bonds. The highest BCUT2D eigenvalue weighted by molar-refractivity contribution is 7.22. The normalized spacial score (nSPS) is 15.6. The van der Waals surface area contributed by atoms with E-state index in [1.807, 2.05) is 25.1 Å². The van der Waals surface area contributed by atoms with E-state index in [1.54, 1.807) is 35.7 Å². The molecule has 5 rings (SSSR count). The molecule has 36 heavy (non-hydrogen) atoms. The highest BCUT2D eigenvalue weighted by Gasteiger charge is 2.47. The lowest BCUT2D eigenvalue weighted by Gasteiger charge is -2.26. The minimum Gasteiger partial charge on any atom is -0.503 e. The van der Waals surface area contributed by atoms with E-state index in [1.165, 1.54) is 41.8 Å². The van der Waals surface area contributed by atoms with Crippen molar-refractivity contribution in [2.75, 3.05) is 25.7 Å². The second kappa shape index (κ2) is 9.63. The number of ketones is 1. The van der Waals surface area contributed by atoms with E-state index in [0.29, 0.717) is 44.9 Å². The van der Waals surface area contributed by atoms with Gasteiger partial charge in [-0.2, -0.15) is 0 Å². The van der Waals surface area contributed by atoms with Crippen molar-refractivity contribution in [1.82, 2.24) is 4.98 Å². The lowest BCUT2D eigenvalue weighted by atomic mass is 9.94. The van der Waals surface area contributed by atoms with Gasteiger partial charge in [0.15, 0.2) is 10.9 Å². The quantitative estimate of drug-likeness (QED) is 0.303. The molecule has 1 unspecified atom stereocenters. The van der Waals surface area contributed by atoms with Crippen LogP contribution in [0.3, 0.4) is 0 Å². The van der Waals surface area contributed by atoms with Crippen LogP contribution < -0.4 is 19.1 Å². The molecule has 0 saturated heterocycles. The summed E-state index contributed by atoms with van der Waals surface area (Å²) in [7, 11) is 3.03. The fourth-order valence-electron chi connectivity index (χ4n) is 4.17. The number of ether oxygens (including phenoxy) is 3. The van der Waals surface area contributed by atoms with Crippen molar-refractivity contribution in [3.63, 3.8) is 0 Å². The molecule has 2 aromatic heterocycles. The first kappa shape index (κ1) is 23.8. The average Bonchev–Trinajstić information content (AvgIpc) is 3.62. The highest BCUT2D eigenvalue weighted by atomic mass is 32.1. The number of rotatable bonds is 8. The number of carbonyl (C=O) groups excluding carboxylic acids is 2. The molecule has 4 aromatic rings. The van der Waals surface area contributed by atoms with Crippen molar-refractivity contribution in [3.05, 3.63) is 75.7 Å². The molecule has 2 aromatic carbocycles. The number of hydrogen-bond acceptors (Lipinski definition) is 9. The van der Waals surface area contributed by atoms with Gasteiger partial charge in [0, 0.05) is 5.56 Å². The summed E-state index contributed by atoms with van der Waals surface area (Å²) in [5, 5.41) is 13.1. The number of aliphatic hydroxyl groups excluding tert-OH is 1. The number of thiophene rings is 1. The molecule has 0 spiro atoms. The molecule has 184 valence electrons. The van der Waals surface area contributed by atoms with Crippen LogP contribution in [0.25, 0.3) is 10.2 Å². The van der Waals surface area contributed by atoms with Crippen molar-refractivity contribution >= 4 is 49.7 Å². The number of aromatic nitrogens is 1. The number of anilines is 1. The fraction of sp³-hybridized carbons (Fsp3) is 0.192. The molecule has 1 N–H and O–H groups in total. The van der Waals surface area contributed by atoms with E-state index < -0.39 is 23.5 Å². The Kier molecular flexibility index (Phi) is 6.38. The summed E-state index contributed by atoms with van der Waals surface area (Å²) in [6, 6.07) is 13.0. The van der Waals surface area contributed by atoms with Crippen molar-refractivity contribution in [3.8, 4) is 17.2 Å². The second-order valence-corrected chi connectivity index (χ2v) is 9.77. The minimum atomic E-state index is -0.982. The van der Waals surface area contributed by atoms with Crippen molar-refractivity contribution < 1.29 is 28.9 Å². The number of nitrogens with zero attached hydrogens (tertiary/aromatic N) is 2. The first-order valence-electron chi connectivity index (χ1n) is 11.1. The van der Waals surface area contributed by atoms with E-state index in [0.717, 1.165) is 4.70 Å². The van der Waals surface area contributed by atoms with Gasteiger partial charge in [0.2, 0.25) is 5.78 Å². The summed E-state index contributed by atoms with van der Waals surface area (Å²) in [5.41, 5.74) is 1.12. The molecule has 1 aliphatic heterocycles. The number of benzene rings is 2. The van der Waals surface area contributed by atoms with Crippen molar-refractivity contribution in [2.24, 2.45) is 0 Å². The molecule has 10 heteroatoms. The maximum atomic E-state index is 13.6. The van der Waals surface area contributed by atoms with Gasteiger partial charge in [0.25, 0.3) is 5.91 Å². The van der Waals surface area contributed by atoms with E-state index >= 15 is 0 Å². The predicted octanol–water partition coefficient (Wildman–Crippen LogP) is 5.56. The third-order valence-electron chi connectivity index (χ3n) is 5.79. The summed E-state index contributed by atoms with van der Waals surface area (Å²) in [4.78, 5) is 33.5. The van der Waals surface area contributed by atoms with Crippen LogP contribution in [-0.2, 0) is 4.79 Å². The standard InChI is InChI=1S/C26H22N2O6S2/c1-4-34-15-7-9-17-20(13-15)36-26(27-17)28-22(16-12-14(32-2)8-10-18(16)33-3)21(24(30)25(28)31)23(29)19-6-5-11-35-19/h5-13,22,30H,4H2,1-3H3. The van der Waals surface area contributed by atoms with Gasteiger partial charge in [-0.3, -0.25) is 14.5 Å². The Morgan fingerprint density at radius 2 is 1.92 bits per heavy atom. The molecule has 1 atom stereocenters. The van der Waals surface area contributed by atoms with E-state index in [4.69, 9.17) is 14.2 Å². The maximum Gasteiger partial charge on any atom is 0.296 e. The molecule has 0 fully saturated rings. The zero-order valence-electron chi connectivity index (χ0n) is 19.7. The van der Waals surface area contributed by atoms with E-state index in [2.05, 4.69) is 4.98 Å². The van der Waals surface area contributed by atoms with Crippen LogP contribution in [0.5, 0.6) is 17.2 Å². The Morgan fingerprint density at radius 1 is 1.11 bits per heavy atom. The number of aliphatic hydroxyl groups is 1. The van der Waals surface area contributed by atoms with Gasteiger partial charge in [-0.15, -0.1) is 11.3 Å². The third-order valence-corrected chi connectivity index (χ3v) is 7.68. The number of carbonyl (C=O) groups is 2. The smallest absolute Gasteiger partial charge is 0.296 e. The monoisotopic (exact) mass is 522 g/mol. The second-order valence-electron chi connectivity index (χ2n) is 7.81. The molecule has 0 aliphatic carbocycles. The summed E-state index contributed by atoms with van der Waals surface area (Å²) in [5.74, 6) is -0.129. The summed E-state index contributed by atoms with van der Waals surface area (Å²) >= 11 is 2.50. The highest BCUT2D eigenvalue weighted by Crippen LogP contribution is 2.47. The number of Topliss-reactive ketones (excluding diaryl/α,β-unsaturated/α-hetero) is 1. The number of amides is 1. The summed E-state index contributed by atoms with van der Waals surface area (Å²) < 4.78 is 17.4. The zero-order chi connectivity index (χ0) is 25.4. The fourth-order valence-corrected chi connectivity index (χ4v) is 5.87. The van der Waals surface area contributed by atoms with Crippen molar-refractivity contribution in [2.45, 2.75) is 13.0 Å². The van der Waals surface area contributed by atoms with Crippen LogP contribution in [0.4, 0.5) is 5.13 Å². The minimum absolute atomic E-state index is 0.0386. The number of thiazole rings is 1. The Balaban J connectivity index is 1.70. The Hall–Kier alpha value is -3.89. The van der Waals surface area contributed by atoms with E-state index in [9.17, 15) is 14.7 Å². The van der Waals surface area contributed by atoms with Crippen LogP contribution in [0.15, 0.2) is 65.2 Å². The maximum absolute atomic E-state index is 13.6. The van der Waals surface area contributed by atoms with Gasteiger partial charge in [-0.1, -0.05) is 17.4 Å². The predicted molar refractivity (Wildman–Crippen MR) is 139 cm³/mol. The van der Waals surface area contributed by atoms with Gasteiger partial charge >= 0.3 is 0 Å². The first-order valence-corrected chi connectivity index (χ1v) is 12.8. The lowest BCUT2D eigenvalue weighted by molar-refractivity contribution is -0.117. The molecule has 0 bridgehead atoms. The van der Waals surface area contributed by atoms with Crippen LogP contribution >= 0.6 is 22.7 Å². The van der Waals surface area contributed by atoms with Gasteiger partial charge in [-0.05, 0) is 54.8 Å². The first-order chi connectivity index (χ1) is 17.5. The molecule has 1 aliphatic rings. The molecule has 0 saturated carbocycles. The molecule has 3 heterocycles. The SMILES string of the molecule is CCOc1ccc2nc(N3C(=O)C(O)=C(C(=O)c4cccs4)C3c3cc(OC)ccc3OC)sc2c1. The van der Waals surface area contributed by atoms with Crippen molar-refractivity contribution in [1.29, 1.82) is 0 Å². The summed E-state index contributed by atoms with van der Waals surface area (Å²) in [6.07, 6.45) is 0. The van der Waals surface area contributed by atoms with Gasteiger partial charge < -0.3 is 19.3 Å². The third kappa shape index (κ3) is 3.98. The number of hydrogen-bond donors (Lipinski definition) is 1. The molecular formula is C26H22N2O6S2. The van der Waals surface area contributed by atoms with E-state index in [-0.39, 0.29) is 5.57 Å². The van der Waals surface area contributed by atoms with Crippen LogP contribution in [-0.4, -0.2) is 42.6 Å². The summed E-state index contributed by atoms with van der Waals surface area (Å²) in [6.45, 7) is 2.42. The largest absolute Gasteiger partial charge is 0.503 e. The zero-order valence-corrected chi connectivity index (χ0v) is 21.3. The Bertz CT molecular complexity index is 1490. The molecule has 8 nitrogen and oxygen atoms in total. The van der Waals surface area contributed by atoms with Crippen LogP contribution in [0.1, 0.15) is 28.2 Å². The van der Waals surface area contributed by atoms with Gasteiger partial charge in [-0.25, -0.2) is 4.98 Å². The van der Waals surface area contributed by atoms with Crippen LogP contribution in [0.2, 0.25) is 0 Å². The van der Waals surface area contributed by atoms with Gasteiger partial charge in [0.1, 0.15) is 23.3 Å². The lowest BCUT2D eigenvalue weighted by Crippen LogP contribution is -2.31. The number of fused-ring (bicyclic) bond motifs is 1. The topological polar surface area (TPSA) is 98.2 Å². The molecular weight excluding hydrogens is 500 g/mol. The number of methoxy groups -OCH3 is 2. The molecule has 0 radical (unpaired) electrons.